The highest BCUT2D eigenvalue weighted by atomic mass is 32.2. The molecule has 10 heteroatoms. The molecule has 4 aromatic rings. The van der Waals surface area contributed by atoms with Crippen molar-refractivity contribution in [2.75, 3.05) is 23.5 Å². The molecule has 0 fully saturated rings. The van der Waals surface area contributed by atoms with Crippen molar-refractivity contribution in [2.45, 2.75) is 11.7 Å². The first-order valence-electron chi connectivity index (χ1n) is 9.82. The number of benzene rings is 2. The maximum absolute atomic E-state index is 12.3. The van der Waals surface area contributed by atoms with Crippen LogP contribution in [-0.2, 0) is 18.4 Å². The van der Waals surface area contributed by atoms with Gasteiger partial charge in [0.15, 0.2) is 16.1 Å². The second-order valence-electron chi connectivity index (χ2n) is 6.78. The zero-order chi connectivity index (χ0) is 22.3. The molecule has 0 saturated heterocycles. The molecule has 2 heterocycles. The van der Waals surface area contributed by atoms with Crippen LogP contribution in [0.5, 0.6) is 5.75 Å². The van der Waals surface area contributed by atoms with Crippen molar-refractivity contribution < 1.29 is 9.53 Å². The van der Waals surface area contributed by atoms with Crippen LogP contribution in [0.4, 0.5) is 10.8 Å². The number of anilines is 2. The predicted molar refractivity (Wildman–Crippen MR) is 128 cm³/mol. The predicted octanol–water partition coefficient (Wildman–Crippen LogP) is 4.29. The zero-order valence-corrected chi connectivity index (χ0v) is 19.2. The first-order valence-corrected chi connectivity index (χ1v) is 11.7. The molecule has 0 aliphatic heterocycles. The number of ether oxygens (including phenoxy) is 1. The van der Waals surface area contributed by atoms with E-state index in [4.69, 9.17) is 4.74 Å². The van der Waals surface area contributed by atoms with E-state index in [0.29, 0.717) is 23.1 Å². The molecule has 4 rings (SSSR count). The molecular weight excluding hydrogens is 444 g/mol. The average Bonchev–Trinajstić information content (AvgIpc) is 3.43. The largest absolute Gasteiger partial charge is 0.497 e. The van der Waals surface area contributed by atoms with Gasteiger partial charge in [0.25, 0.3) is 0 Å². The van der Waals surface area contributed by atoms with Gasteiger partial charge in [-0.15, -0.1) is 21.5 Å². The van der Waals surface area contributed by atoms with E-state index in [1.54, 1.807) is 24.5 Å². The van der Waals surface area contributed by atoms with Gasteiger partial charge in [-0.3, -0.25) is 4.79 Å². The smallest absolute Gasteiger partial charge is 0.234 e. The summed E-state index contributed by atoms with van der Waals surface area (Å²) in [5, 5.41) is 18.1. The van der Waals surface area contributed by atoms with Crippen LogP contribution in [0.25, 0.3) is 11.3 Å². The number of rotatable bonds is 9. The Morgan fingerprint density at radius 3 is 2.81 bits per heavy atom. The summed E-state index contributed by atoms with van der Waals surface area (Å²) in [6.45, 7) is 0.488. The third-order valence-electron chi connectivity index (χ3n) is 4.58. The highest BCUT2D eigenvalue weighted by Gasteiger charge is 2.13. The number of thiazole rings is 1. The standard InChI is InChI=1S/C22H22N6O2S2/c1-28-19(12-23-21-25-18(13-31-21)15-7-4-3-5-8-15)26-27-22(28)32-14-20(29)24-16-9-6-10-17(11-16)30-2/h3-11,13H,12,14H2,1-2H3,(H,23,25)(H,24,29). The summed E-state index contributed by atoms with van der Waals surface area (Å²) in [7, 11) is 3.48. The number of nitrogens with zero attached hydrogens (tertiary/aromatic N) is 4. The average molecular weight is 467 g/mol. The molecule has 0 atom stereocenters. The summed E-state index contributed by atoms with van der Waals surface area (Å²) in [6.07, 6.45) is 0. The Kier molecular flexibility index (Phi) is 7.03. The summed E-state index contributed by atoms with van der Waals surface area (Å²) in [5.41, 5.74) is 2.71. The van der Waals surface area contributed by atoms with Crippen molar-refractivity contribution in [3.8, 4) is 17.0 Å². The van der Waals surface area contributed by atoms with E-state index in [-0.39, 0.29) is 11.7 Å². The molecule has 0 radical (unpaired) electrons. The van der Waals surface area contributed by atoms with Gasteiger partial charge in [-0.25, -0.2) is 4.98 Å². The van der Waals surface area contributed by atoms with Crippen LogP contribution in [-0.4, -0.2) is 38.5 Å². The second kappa shape index (κ2) is 10.3. The van der Waals surface area contributed by atoms with Gasteiger partial charge < -0.3 is 19.9 Å². The van der Waals surface area contributed by atoms with Crippen molar-refractivity contribution in [3.63, 3.8) is 0 Å². The molecule has 164 valence electrons. The number of carbonyl (C=O) groups is 1. The fraction of sp³-hybridized carbons (Fsp3) is 0.182. The molecule has 0 saturated carbocycles. The fourth-order valence-corrected chi connectivity index (χ4v) is 4.35. The van der Waals surface area contributed by atoms with Crippen molar-refractivity contribution in [1.29, 1.82) is 0 Å². The molecule has 0 aliphatic carbocycles. The first kappa shape index (κ1) is 21.8. The number of thioether (sulfide) groups is 1. The first-order chi connectivity index (χ1) is 15.6. The SMILES string of the molecule is COc1cccc(NC(=O)CSc2nnc(CNc3nc(-c4ccccc4)cs3)n2C)c1. The summed E-state index contributed by atoms with van der Waals surface area (Å²) in [6, 6.07) is 17.3. The number of hydrogen-bond donors (Lipinski definition) is 2. The Labute approximate surface area is 194 Å². The minimum absolute atomic E-state index is 0.123. The zero-order valence-electron chi connectivity index (χ0n) is 17.6. The lowest BCUT2D eigenvalue weighted by Crippen LogP contribution is -2.14. The lowest BCUT2D eigenvalue weighted by Gasteiger charge is -2.07. The van der Waals surface area contributed by atoms with Crippen molar-refractivity contribution in [3.05, 3.63) is 65.8 Å². The van der Waals surface area contributed by atoms with E-state index in [2.05, 4.69) is 25.8 Å². The van der Waals surface area contributed by atoms with Crippen LogP contribution >= 0.6 is 23.1 Å². The summed E-state index contributed by atoms with van der Waals surface area (Å²) in [4.78, 5) is 16.9. The third-order valence-corrected chi connectivity index (χ3v) is 6.40. The molecule has 2 aromatic carbocycles. The Bertz CT molecular complexity index is 1190. The molecular formula is C22H22N6O2S2. The second-order valence-corrected chi connectivity index (χ2v) is 8.58. The number of nitrogens with one attached hydrogen (secondary N) is 2. The molecule has 32 heavy (non-hydrogen) atoms. The number of hydrogen-bond acceptors (Lipinski definition) is 8. The van der Waals surface area contributed by atoms with Crippen molar-refractivity contribution in [1.82, 2.24) is 19.7 Å². The Balaban J connectivity index is 1.29. The normalized spacial score (nSPS) is 10.7. The van der Waals surface area contributed by atoms with Gasteiger partial charge >= 0.3 is 0 Å². The quantitative estimate of drug-likeness (QED) is 0.355. The van der Waals surface area contributed by atoms with Crippen molar-refractivity contribution in [2.24, 2.45) is 7.05 Å². The Morgan fingerprint density at radius 1 is 1.16 bits per heavy atom. The van der Waals surface area contributed by atoms with E-state index in [1.807, 2.05) is 65.5 Å². The van der Waals surface area contributed by atoms with E-state index in [9.17, 15) is 4.79 Å². The third kappa shape index (κ3) is 5.45. The number of aromatic nitrogens is 4. The maximum atomic E-state index is 12.3. The van der Waals surface area contributed by atoms with Crippen LogP contribution in [0.2, 0.25) is 0 Å². The molecule has 0 spiro atoms. The van der Waals surface area contributed by atoms with E-state index < -0.39 is 0 Å². The van der Waals surface area contributed by atoms with Gasteiger partial charge in [-0.1, -0.05) is 48.2 Å². The number of amides is 1. The van der Waals surface area contributed by atoms with Crippen LogP contribution < -0.4 is 15.4 Å². The molecule has 8 nitrogen and oxygen atoms in total. The number of carbonyl (C=O) groups excluding carboxylic acids is 1. The van der Waals surface area contributed by atoms with Gasteiger partial charge in [-0.05, 0) is 12.1 Å². The summed E-state index contributed by atoms with van der Waals surface area (Å²) < 4.78 is 7.05. The monoisotopic (exact) mass is 466 g/mol. The summed E-state index contributed by atoms with van der Waals surface area (Å²) >= 11 is 2.88. The summed E-state index contributed by atoms with van der Waals surface area (Å²) in [5.74, 6) is 1.56. The van der Waals surface area contributed by atoms with E-state index in [1.165, 1.54) is 11.8 Å². The van der Waals surface area contributed by atoms with Gasteiger partial charge in [0.2, 0.25) is 5.91 Å². The molecule has 2 N–H and O–H groups in total. The lowest BCUT2D eigenvalue weighted by molar-refractivity contribution is -0.113. The number of methoxy groups -OCH3 is 1. The molecule has 0 unspecified atom stereocenters. The minimum Gasteiger partial charge on any atom is -0.497 e. The highest BCUT2D eigenvalue weighted by Crippen LogP contribution is 2.25. The maximum Gasteiger partial charge on any atom is 0.234 e. The van der Waals surface area contributed by atoms with Gasteiger partial charge in [0.05, 0.1) is 25.1 Å². The molecule has 0 aliphatic rings. The Morgan fingerprint density at radius 2 is 2.00 bits per heavy atom. The molecule has 2 aromatic heterocycles. The minimum atomic E-state index is -0.123. The van der Waals surface area contributed by atoms with Crippen LogP contribution in [0.15, 0.2) is 65.1 Å². The molecule has 0 bridgehead atoms. The van der Waals surface area contributed by atoms with Gasteiger partial charge in [-0.2, -0.15) is 0 Å². The van der Waals surface area contributed by atoms with E-state index in [0.717, 1.165) is 22.2 Å². The lowest BCUT2D eigenvalue weighted by atomic mass is 10.2. The van der Waals surface area contributed by atoms with Crippen LogP contribution in [0.3, 0.4) is 0 Å². The highest BCUT2D eigenvalue weighted by molar-refractivity contribution is 7.99. The van der Waals surface area contributed by atoms with Gasteiger partial charge in [0, 0.05) is 29.7 Å². The molecule has 1 amide bonds. The topological polar surface area (TPSA) is 94.0 Å². The van der Waals surface area contributed by atoms with Crippen LogP contribution in [0.1, 0.15) is 5.82 Å². The Hall–Kier alpha value is -3.37. The van der Waals surface area contributed by atoms with E-state index >= 15 is 0 Å². The van der Waals surface area contributed by atoms with Gasteiger partial charge in [0.1, 0.15) is 5.75 Å². The van der Waals surface area contributed by atoms with Crippen LogP contribution in [0, 0.1) is 0 Å². The fourth-order valence-electron chi connectivity index (χ4n) is 2.90. The van der Waals surface area contributed by atoms with Crippen molar-refractivity contribution >= 4 is 39.8 Å².